The third kappa shape index (κ3) is 9.98. The lowest BCUT2D eigenvalue weighted by molar-refractivity contribution is -0.140. The van der Waals surface area contributed by atoms with Gasteiger partial charge in [-0.3, -0.25) is 34.0 Å². The largest absolute Gasteiger partial charge is 0.480 e. The smallest absolute Gasteiger partial charge is 0.317 e. The Bertz CT molecular complexity index is 505. The van der Waals surface area contributed by atoms with E-state index in [1.54, 1.807) is 4.90 Å². The molecule has 0 aromatic rings. The topological polar surface area (TPSA) is 125 Å². The maximum Gasteiger partial charge on any atom is 0.317 e. The average Bonchev–Trinajstić information content (AvgIpc) is 2.52. The summed E-state index contributed by atoms with van der Waals surface area (Å²) in [5.41, 5.74) is -0.136. The van der Waals surface area contributed by atoms with Crippen LogP contribution in [0.4, 0.5) is 0 Å². The molecule has 28 heavy (non-hydrogen) atoms. The third-order valence-electron chi connectivity index (χ3n) is 4.86. The van der Waals surface area contributed by atoms with Gasteiger partial charge in [-0.25, -0.2) is 0 Å². The van der Waals surface area contributed by atoms with Gasteiger partial charge in [0.2, 0.25) is 0 Å². The Labute approximate surface area is 166 Å². The zero-order valence-corrected chi connectivity index (χ0v) is 17.1. The van der Waals surface area contributed by atoms with Crippen molar-refractivity contribution in [3.05, 3.63) is 0 Å². The van der Waals surface area contributed by atoms with Crippen LogP contribution in [0, 0.1) is 0 Å². The lowest BCUT2D eigenvalue weighted by atomic mass is 10.1. The van der Waals surface area contributed by atoms with E-state index < -0.39 is 17.9 Å². The van der Waals surface area contributed by atoms with E-state index in [1.807, 2.05) is 9.80 Å². The normalized spacial score (nSPS) is 20.2. The summed E-state index contributed by atoms with van der Waals surface area (Å²) in [4.78, 5) is 41.2. The van der Waals surface area contributed by atoms with Gasteiger partial charge in [-0.05, 0) is 20.8 Å². The quantitative estimate of drug-likeness (QED) is 0.523. The summed E-state index contributed by atoms with van der Waals surface area (Å²) in [5, 5.41) is 27.5. The maximum absolute atomic E-state index is 11.2. The van der Waals surface area contributed by atoms with E-state index in [0.717, 1.165) is 0 Å². The number of carbonyl (C=O) groups is 3. The standard InChI is InChI=1S/C18H34N4O6/c1-18(2,3)22-10-8-20(13-16(25)26)6-4-19(12-15(23)24)5-7-21(9-11-22)14-17(27)28/h4-14H2,1-3H3,(H,23,24)(H,25,26)(H,27,28). The van der Waals surface area contributed by atoms with Gasteiger partial charge in [-0.1, -0.05) is 0 Å². The molecule has 0 aliphatic carbocycles. The Morgan fingerprint density at radius 2 is 0.857 bits per heavy atom. The van der Waals surface area contributed by atoms with E-state index in [2.05, 4.69) is 25.7 Å². The van der Waals surface area contributed by atoms with Gasteiger partial charge < -0.3 is 15.3 Å². The molecule has 0 amide bonds. The second-order valence-corrected chi connectivity index (χ2v) is 8.17. The number of rotatable bonds is 6. The van der Waals surface area contributed by atoms with E-state index in [-0.39, 0.29) is 25.2 Å². The molecule has 0 spiro atoms. The third-order valence-corrected chi connectivity index (χ3v) is 4.86. The summed E-state index contributed by atoms with van der Waals surface area (Å²) in [6.45, 7) is 9.99. The molecule has 1 aliphatic heterocycles. The van der Waals surface area contributed by atoms with Gasteiger partial charge in [0.1, 0.15) is 0 Å². The van der Waals surface area contributed by atoms with Crippen molar-refractivity contribution in [1.29, 1.82) is 0 Å². The van der Waals surface area contributed by atoms with E-state index in [0.29, 0.717) is 52.4 Å². The van der Waals surface area contributed by atoms with Crippen LogP contribution in [0.3, 0.4) is 0 Å². The second-order valence-electron chi connectivity index (χ2n) is 8.17. The Hall–Kier alpha value is -1.75. The van der Waals surface area contributed by atoms with Crippen molar-refractivity contribution in [2.75, 3.05) is 72.0 Å². The van der Waals surface area contributed by atoms with E-state index in [9.17, 15) is 24.6 Å². The Balaban J connectivity index is 2.95. The van der Waals surface area contributed by atoms with Gasteiger partial charge in [0.05, 0.1) is 19.6 Å². The summed E-state index contributed by atoms with van der Waals surface area (Å²) >= 11 is 0. The van der Waals surface area contributed by atoms with Crippen LogP contribution in [-0.2, 0) is 14.4 Å². The fourth-order valence-corrected chi connectivity index (χ4v) is 3.26. The molecule has 0 saturated carbocycles. The maximum atomic E-state index is 11.2. The molecule has 162 valence electrons. The monoisotopic (exact) mass is 402 g/mol. The van der Waals surface area contributed by atoms with Crippen molar-refractivity contribution in [1.82, 2.24) is 19.6 Å². The average molecular weight is 402 g/mol. The van der Waals surface area contributed by atoms with Crippen molar-refractivity contribution in [2.24, 2.45) is 0 Å². The fraction of sp³-hybridized carbons (Fsp3) is 0.833. The highest BCUT2D eigenvalue weighted by atomic mass is 16.4. The van der Waals surface area contributed by atoms with Crippen LogP contribution in [0.2, 0.25) is 0 Å². The van der Waals surface area contributed by atoms with Gasteiger partial charge in [-0.15, -0.1) is 0 Å². The van der Waals surface area contributed by atoms with E-state index >= 15 is 0 Å². The van der Waals surface area contributed by atoms with Gasteiger partial charge in [0.25, 0.3) is 0 Å². The molecule has 1 saturated heterocycles. The molecule has 0 aromatic carbocycles. The Morgan fingerprint density at radius 1 is 0.607 bits per heavy atom. The molecule has 0 atom stereocenters. The number of hydrogen-bond donors (Lipinski definition) is 3. The molecule has 10 heteroatoms. The minimum Gasteiger partial charge on any atom is -0.480 e. The minimum absolute atomic E-state index is 0.0932. The predicted octanol–water partition coefficient (Wildman–Crippen LogP) is -0.740. The summed E-state index contributed by atoms with van der Waals surface area (Å²) in [6, 6.07) is 0. The highest BCUT2D eigenvalue weighted by Gasteiger charge is 2.25. The van der Waals surface area contributed by atoms with Crippen LogP contribution in [0.1, 0.15) is 20.8 Å². The number of nitrogens with zero attached hydrogens (tertiary/aromatic N) is 4. The van der Waals surface area contributed by atoms with Crippen LogP contribution in [0.15, 0.2) is 0 Å². The second kappa shape index (κ2) is 11.3. The first kappa shape index (κ1) is 24.3. The molecule has 1 heterocycles. The van der Waals surface area contributed by atoms with Crippen molar-refractivity contribution < 1.29 is 29.7 Å². The van der Waals surface area contributed by atoms with Gasteiger partial charge in [-0.2, -0.15) is 0 Å². The highest BCUT2D eigenvalue weighted by Crippen LogP contribution is 2.13. The van der Waals surface area contributed by atoms with Crippen LogP contribution >= 0.6 is 0 Å². The number of aliphatic carboxylic acids is 3. The molecule has 1 fully saturated rings. The minimum atomic E-state index is -0.958. The number of carboxylic acids is 3. The molecule has 3 N–H and O–H groups in total. The first-order chi connectivity index (χ1) is 13.0. The number of hydrogen-bond acceptors (Lipinski definition) is 7. The molecular formula is C18H34N4O6. The lowest BCUT2D eigenvalue weighted by Gasteiger charge is -2.39. The highest BCUT2D eigenvalue weighted by molar-refractivity contribution is 5.69. The van der Waals surface area contributed by atoms with Crippen molar-refractivity contribution in [3.8, 4) is 0 Å². The molecule has 0 unspecified atom stereocenters. The fourth-order valence-electron chi connectivity index (χ4n) is 3.26. The molecule has 0 aromatic heterocycles. The summed E-state index contributed by atoms with van der Waals surface area (Å²) in [5.74, 6) is -2.78. The SMILES string of the molecule is CC(C)(C)N1CCN(CC(=O)O)CCN(CC(=O)O)CCN(CC(=O)O)CC1. The van der Waals surface area contributed by atoms with Crippen LogP contribution in [-0.4, -0.2) is 130 Å². The zero-order valence-electron chi connectivity index (χ0n) is 17.1. The zero-order chi connectivity index (χ0) is 21.3. The summed E-state index contributed by atoms with van der Waals surface area (Å²) in [7, 11) is 0. The molecule has 1 aliphatic rings. The van der Waals surface area contributed by atoms with E-state index in [4.69, 9.17) is 5.11 Å². The first-order valence-corrected chi connectivity index (χ1v) is 9.55. The van der Waals surface area contributed by atoms with Crippen molar-refractivity contribution >= 4 is 17.9 Å². The Kier molecular flexibility index (Phi) is 9.80. The molecule has 10 nitrogen and oxygen atoms in total. The van der Waals surface area contributed by atoms with Crippen LogP contribution in [0.25, 0.3) is 0 Å². The molecule has 0 bridgehead atoms. The molecular weight excluding hydrogens is 368 g/mol. The van der Waals surface area contributed by atoms with Gasteiger partial charge in [0, 0.05) is 57.9 Å². The number of carboxylic acid groups (broad SMARTS) is 3. The molecule has 0 radical (unpaired) electrons. The summed E-state index contributed by atoms with van der Waals surface area (Å²) < 4.78 is 0. The van der Waals surface area contributed by atoms with Crippen LogP contribution in [0.5, 0.6) is 0 Å². The first-order valence-electron chi connectivity index (χ1n) is 9.55. The molecule has 1 rings (SSSR count). The summed E-state index contributed by atoms with van der Waals surface area (Å²) in [6.07, 6.45) is 0. The van der Waals surface area contributed by atoms with Gasteiger partial charge >= 0.3 is 17.9 Å². The predicted molar refractivity (Wildman–Crippen MR) is 104 cm³/mol. The van der Waals surface area contributed by atoms with Gasteiger partial charge in [0.15, 0.2) is 0 Å². The van der Waals surface area contributed by atoms with Crippen molar-refractivity contribution in [2.45, 2.75) is 26.3 Å². The van der Waals surface area contributed by atoms with E-state index in [1.165, 1.54) is 0 Å². The van der Waals surface area contributed by atoms with Crippen molar-refractivity contribution in [3.63, 3.8) is 0 Å². The lowest BCUT2D eigenvalue weighted by Crippen LogP contribution is -2.52. The van der Waals surface area contributed by atoms with Crippen LogP contribution < -0.4 is 0 Å². The Morgan fingerprint density at radius 3 is 1.07 bits per heavy atom.